The van der Waals surface area contributed by atoms with Gasteiger partial charge in [0.2, 0.25) is 5.91 Å². The number of aromatic amines is 1. The van der Waals surface area contributed by atoms with Crippen molar-refractivity contribution in [1.82, 2.24) is 19.7 Å². The number of fused-ring (bicyclic) bond motifs is 3. The van der Waals surface area contributed by atoms with E-state index in [4.69, 9.17) is 0 Å². The lowest BCUT2D eigenvalue weighted by molar-refractivity contribution is -0.135. The van der Waals surface area contributed by atoms with Gasteiger partial charge >= 0.3 is 0 Å². The summed E-state index contributed by atoms with van der Waals surface area (Å²) in [6, 6.07) is 0. The zero-order valence-corrected chi connectivity index (χ0v) is 17.4. The number of nitrogens with zero attached hydrogens (tertiary/aromatic N) is 3. The molecule has 5 rings (SSSR count). The Balaban J connectivity index is 1.58. The maximum atomic E-state index is 13.3. The molecule has 0 aromatic carbocycles. The molecule has 1 amide bonds. The fourth-order valence-corrected chi connectivity index (χ4v) is 5.01. The number of carbonyl (C=O) groups excluding carboxylic acids is 1. The van der Waals surface area contributed by atoms with Crippen molar-refractivity contribution in [3.8, 4) is 0 Å². The van der Waals surface area contributed by atoms with Gasteiger partial charge in [0, 0.05) is 30.2 Å². The predicted octanol–water partition coefficient (Wildman–Crippen LogP) is 1.61. The zero-order valence-electron chi connectivity index (χ0n) is 17.4. The van der Waals surface area contributed by atoms with Crippen molar-refractivity contribution in [2.45, 2.75) is 52.5 Å². The van der Waals surface area contributed by atoms with E-state index in [-0.39, 0.29) is 23.3 Å². The first-order valence-corrected chi connectivity index (χ1v) is 11.1. The summed E-state index contributed by atoms with van der Waals surface area (Å²) in [4.78, 5) is 31.0. The van der Waals surface area contributed by atoms with Crippen LogP contribution in [0.5, 0.6) is 0 Å². The Morgan fingerprint density at radius 1 is 1.17 bits per heavy atom. The summed E-state index contributed by atoms with van der Waals surface area (Å²) in [5.41, 5.74) is 0.800. The molecular formula is C23H30N4O2. The van der Waals surface area contributed by atoms with Gasteiger partial charge in [-0.2, -0.15) is 5.10 Å². The molecule has 2 unspecified atom stereocenters. The third kappa shape index (κ3) is 3.22. The molecule has 1 N–H and O–H groups in total. The smallest absolute Gasteiger partial charge is 0.259 e. The van der Waals surface area contributed by atoms with E-state index in [1.807, 2.05) is 9.58 Å². The van der Waals surface area contributed by atoms with Gasteiger partial charge in [-0.15, -0.1) is 0 Å². The third-order valence-corrected chi connectivity index (χ3v) is 7.26. The van der Waals surface area contributed by atoms with Crippen LogP contribution in [0.4, 0.5) is 0 Å². The Morgan fingerprint density at radius 2 is 1.93 bits per heavy atom. The summed E-state index contributed by atoms with van der Waals surface area (Å²) in [5, 5.41) is 6.97. The number of likely N-dealkylation sites (tertiary alicyclic amines) is 1. The van der Waals surface area contributed by atoms with E-state index in [2.05, 4.69) is 36.1 Å². The van der Waals surface area contributed by atoms with Gasteiger partial charge in [-0.05, 0) is 43.4 Å². The summed E-state index contributed by atoms with van der Waals surface area (Å²) >= 11 is 0. The highest BCUT2D eigenvalue weighted by molar-refractivity contribution is 5.88. The van der Waals surface area contributed by atoms with Crippen LogP contribution in [0.15, 0.2) is 11.0 Å². The Labute approximate surface area is 170 Å². The van der Waals surface area contributed by atoms with Gasteiger partial charge in [-0.1, -0.05) is 32.4 Å². The van der Waals surface area contributed by atoms with Gasteiger partial charge in [0.05, 0.1) is 23.0 Å². The average molecular weight is 395 g/mol. The van der Waals surface area contributed by atoms with Gasteiger partial charge in [0.25, 0.3) is 5.56 Å². The van der Waals surface area contributed by atoms with E-state index >= 15 is 0 Å². The number of hydrogen-bond acceptors (Lipinski definition) is 3. The van der Waals surface area contributed by atoms with E-state index in [9.17, 15) is 9.59 Å². The molecule has 2 aromatic heterocycles. The summed E-state index contributed by atoms with van der Waals surface area (Å²) in [5.74, 6) is 1.44. The van der Waals surface area contributed by atoms with E-state index in [1.54, 1.807) is 6.20 Å². The lowest BCUT2D eigenvalue weighted by atomic mass is 9.85. The van der Waals surface area contributed by atoms with Crippen LogP contribution >= 0.6 is 0 Å². The monoisotopic (exact) mass is 394 g/mol. The van der Waals surface area contributed by atoms with Crippen molar-refractivity contribution < 1.29 is 4.79 Å². The molecule has 6 nitrogen and oxygen atoms in total. The molecule has 0 spiro atoms. The standard InChI is InChI=1S/C23H30N4O2/c1-14-6-8-26(9-7-14)23(29)17-11-18-20(10-15(17)2)25-22(28)19-12-24-27(21(18)19)13-16-4-3-5-16/h10-12,14-17H,3-9,13H2,1-2H3,(H,25,28). The van der Waals surface area contributed by atoms with Crippen LogP contribution in [-0.4, -0.2) is 38.7 Å². The number of aromatic nitrogens is 3. The molecule has 154 valence electrons. The van der Waals surface area contributed by atoms with E-state index in [0.29, 0.717) is 17.2 Å². The van der Waals surface area contributed by atoms with Gasteiger partial charge in [0.15, 0.2) is 0 Å². The molecule has 2 atom stereocenters. The Kier molecular flexibility index (Phi) is 4.60. The normalized spacial score (nSPS) is 25.2. The molecule has 2 aromatic rings. The van der Waals surface area contributed by atoms with Crippen molar-refractivity contribution >= 4 is 29.0 Å². The molecule has 3 heterocycles. The summed E-state index contributed by atoms with van der Waals surface area (Å²) in [7, 11) is 0. The lowest BCUT2D eigenvalue weighted by Crippen LogP contribution is -2.46. The maximum absolute atomic E-state index is 13.3. The molecule has 6 heteroatoms. The first-order chi connectivity index (χ1) is 14.0. The van der Waals surface area contributed by atoms with E-state index in [1.165, 1.54) is 19.3 Å². The van der Waals surface area contributed by atoms with Crippen LogP contribution in [0.3, 0.4) is 0 Å². The van der Waals surface area contributed by atoms with Gasteiger partial charge in [0.1, 0.15) is 0 Å². The molecule has 2 aliphatic carbocycles. The van der Waals surface area contributed by atoms with Crippen molar-refractivity contribution in [3.05, 3.63) is 27.1 Å². The van der Waals surface area contributed by atoms with Crippen molar-refractivity contribution in [1.29, 1.82) is 0 Å². The third-order valence-electron chi connectivity index (χ3n) is 7.26. The Morgan fingerprint density at radius 3 is 2.62 bits per heavy atom. The highest BCUT2D eigenvalue weighted by Gasteiger charge is 2.31. The van der Waals surface area contributed by atoms with Crippen LogP contribution in [0.1, 0.15) is 46.0 Å². The Bertz CT molecular complexity index is 1120. The Hall–Kier alpha value is -2.37. The first-order valence-electron chi connectivity index (χ1n) is 11.1. The van der Waals surface area contributed by atoms with Crippen LogP contribution in [-0.2, 0) is 11.3 Å². The minimum absolute atomic E-state index is 0.0606. The second-order valence-corrected chi connectivity index (χ2v) is 9.39. The summed E-state index contributed by atoms with van der Waals surface area (Å²) in [6.45, 7) is 6.89. The topological polar surface area (TPSA) is 71.0 Å². The highest BCUT2D eigenvalue weighted by Crippen LogP contribution is 2.28. The summed E-state index contributed by atoms with van der Waals surface area (Å²) < 4.78 is 2.00. The lowest BCUT2D eigenvalue weighted by Gasteiger charge is -2.34. The fraction of sp³-hybridized carbons (Fsp3) is 0.609. The maximum Gasteiger partial charge on any atom is 0.259 e. The second kappa shape index (κ2) is 7.15. The number of piperidine rings is 1. The van der Waals surface area contributed by atoms with Crippen LogP contribution in [0.25, 0.3) is 23.1 Å². The molecule has 0 bridgehead atoms. The largest absolute Gasteiger partial charge is 0.342 e. The quantitative estimate of drug-likeness (QED) is 0.860. The van der Waals surface area contributed by atoms with E-state index in [0.717, 1.165) is 48.6 Å². The van der Waals surface area contributed by atoms with Crippen LogP contribution < -0.4 is 16.1 Å². The molecule has 29 heavy (non-hydrogen) atoms. The molecule has 2 fully saturated rings. The van der Waals surface area contributed by atoms with Crippen LogP contribution in [0.2, 0.25) is 0 Å². The van der Waals surface area contributed by atoms with E-state index < -0.39 is 0 Å². The molecule has 1 saturated heterocycles. The number of nitrogens with one attached hydrogen (secondary N) is 1. The molecule has 0 radical (unpaired) electrons. The SMILES string of the molecule is CC1CCN(C(=O)C2C=c3c([nH]c(=O)c4cnn(CC5CCC5)c34)=CC2C)CC1. The number of rotatable bonds is 3. The van der Waals surface area contributed by atoms with Gasteiger partial charge in [-0.25, -0.2) is 0 Å². The van der Waals surface area contributed by atoms with Gasteiger partial charge in [-0.3, -0.25) is 14.3 Å². The number of amides is 1. The molecule has 1 aliphatic heterocycles. The first kappa shape index (κ1) is 18.6. The van der Waals surface area contributed by atoms with Crippen LogP contribution in [0, 0.1) is 23.7 Å². The molecule has 1 saturated carbocycles. The second-order valence-electron chi connectivity index (χ2n) is 9.39. The van der Waals surface area contributed by atoms with Gasteiger partial charge < -0.3 is 9.88 Å². The molecular weight excluding hydrogens is 364 g/mol. The number of pyridine rings is 1. The van der Waals surface area contributed by atoms with Crippen molar-refractivity contribution in [3.63, 3.8) is 0 Å². The number of carbonyl (C=O) groups is 1. The summed E-state index contributed by atoms with van der Waals surface area (Å²) in [6.07, 6.45) is 11.7. The minimum Gasteiger partial charge on any atom is -0.342 e. The van der Waals surface area contributed by atoms with Crippen molar-refractivity contribution in [2.24, 2.45) is 23.7 Å². The zero-order chi connectivity index (χ0) is 20.1. The van der Waals surface area contributed by atoms with Crippen molar-refractivity contribution in [2.75, 3.05) is 13.1 Å². The number of H-pyrrole nitrogens is 1. The number of hydrogen-bond donors (Lipinski definition) is 1. The average Bonchev–Trinajstić information content (AvgIpc) is 3.09. The fourth-order valence-electron chi connectivity index (χ4n) is 5.01. The predicted molar refractivity (Wildman–Crippen MR) is 114 cm³/mol. The molecule has 3 aliphatic rings. The highest BCUT2D eigenvalue weighted by atomic mass is 16.2. The minimum atomic E-state index is -0.183.